The molecule has 2 aromatic heterocycles. The Balaban J connectivity index is 1.52. The van der Waals surface area contributed by atoms with Crippen molar-refractivity contribution in [3.63, 3.8) is 0 Å². The maximum Gasteiger partial charge on any atom is 0.413 e. The zero-order valence-corrected chi connectivity index (χ0v) is 19.8. The highest BCUT2D eigenvalue weighted by atomic mass is 32.2. The first-order valence-electron chi connectivity index (χ1n) is 10.2. The van der Waals surface area contributed by atoms with Crippen LogP contribution >= 0.6 is 22.7 Å². The molecule has 0 spiro atoms. The molecular formula is C20H23N3O6S3. The maximum absolute atomic E-state index is 13.1. The molecule has 32 heavy (non-hydrogen) atoms. The van der Waals surface area contributed by atoms with Crippen molar-refractivity contribution in [3.8, 4) is 0 Å². The van der Waals surface area contributed by atoms with Crippen LogP contribution in [-0.4, -0.2) is 50.8 Å². The molecule has 1 unspecified atom stereocenters. The number of alkyl carbamates (subject to hydrolysis) is 1. The van der Waals surface area contributed by atoms with E-state index in [2.05, 4.69) is 15.4 Å². The number of nitrogens with one attached hydrogen (secondary N) is 2. The smallest absolute Gasteiger partial charge is 0.413 e. The number of imide groups is 1. The van der Waals surface area contributed by atoms with E-state index in [-0.39, 0.29) is 16.7 Å². The van der Waals surface area contributed by atoms with E-state index < -0.39 is 27.9 Å². The molecule has 172 valence electrons. The highest BCUT2D eigenvalue weighted by Gasteiger charge is 2.35. The van der Waals surface area contributed by atoms with Crippen LogP contribution in [0.25, 0.3) is 0 Å². The number of hydrogen-bond acceptors (Lipinski definition) is 8. The number of ether oxygens (including phenoxy) is 1. The lowest BCUT2D eigenvalue weighted by Crippen LogP contribution is -2.43. The molecule has 4 rings (SSSR count). The van der Waals surface area contributed by atoms with Crippen LogP contribution in [0.3, 0.4) is 0 Å². The number of carbonyl (C=O) groups is 3. The van der Waals surface area contributed by atoms with Crippen molar-refractivity contribution < 1.29 is 27.5 Å². The van der Waals surface area contributed by atoms with E-state index in [1.165, 1.54) is 22.8 Å². The highest BCUT2D eigenvalue weighted by Crippen LogP contribution is 2.39. The molecule has 1 aliphatic heterocycles. The van der Waals surface area contributed by atoms with E-state index in [1.54, 1.807) is 17.5 Å². The predicted octanol–water partition coefficient (Wildman–Crippen LogP) is 2.83. The minimum absolute atomic E-state index is 0.0842. The Hall–Kier alpha value is -2.28. The summed E-state index contributed by atoms with van der Waals surface area (Å²) in [6.45, 7) is 0.449. The van der Waals surface area contributed by atoms with Gasteiger partial charge < -0.3 is 10.1 Å². The SMILES string of the molecule is COC(=O)NC(=O)c1c(NC(=O)C2CCCN(S(=O)(=O)c3cccs3)C2)sc2c1CCC2. The first kappa shape index (κ1) is 22.9. The summed E-state index contributed by atoms with van der Waals surface area (Å²) >= 11 is 2.48. The van der Waals surface area contributed by atoms with E-state index in [9.17, 15) is 22.8 Å². The molecule has 2 aliphatic rings. The first-order valence-corrected chi connectivity index (χ1v) is 13.3. The van der Waals surface area contributed by atoms with Gasteiger partial charge in [0, 0.05) is 18.0 Å². The molecule has 0 aromatic carbocycles. The number of nitrogens with zero attached hydrogens (tertiary/aromatic N) is 1. The molecule has 0 bridgehead atoms. The number of hydrogen-bond donors (Lipinski definition) is 2. The quantitative estimate of drug-likeness (QED) is 0.655. The zero-order chi connectivity index (χ0) is 22.9. The third-order valence-electron chi connectivity index (χ3n) is 5.63. The summed E-state index contributed by atoms with van der Waals surface area (Å²) in [5, 5.41) is 7.10. The molecule has 3 amide bonds. The summed E-state index contributed by atoms with van der Waals surface area (Å²) in [5.74, 6) is -1.48. The number of methoxy groups -OCH3 is 1. The summed E-state index contributed by atoms with van der Waals surface area (Å²) < 4.78 is 31.8. The molecule has 0 radical (unpaired) electrons. The molecule has 3 heterocycles. The minimum atomic E-state index is -3.63. The van der Waals surface area contributed by atoms with Crippen molar-refractivity contribution in [2.75, 3.05) is 25.5 Å². The van der Waals surface area contributed by atoms with E-state index in [1.807, 2.05) is 0 Å². The number of aryl methyl sites for hydroxylation is 1. The van der Waals surface area contributed by atoms with Crippen molar-refractivity contribution >= 4 is 55.6 Å². The summed E-state index contributed by atoms with van der Waals surface area (Å²) in [6.07, 6.45) is 2.67. The van der Waals surface area contributed by atoms with Crippen molar-refractivity contribution in [2.45, 2.75) is 36.3 Å². The summed E-state index contributed by atoms with van der Waals surface area (Å²) in [7, 11) is -2.47. The Morgan fingerprint density at radius 1 is 1.22 bits per heavy atom. The fourth-order valence-corrected chi connectivity index (χ4v) is 8.02. The van der Waals surface area contributed by atoms with Crippen molar-refractivity contribution in [3.05, 3.63) is 33.5 Å². The normalized spacial score (nSPS) is 18.7. The van der Waals surface area contributed by atoms with E-state index >= 15 is 0 Å². The third kappa shape index (κ3) is 4.45. The Morgan fingerprint density at radius 2 is 2.03 bits per heavy atom. The number of fused-ring (bicyclic) bond motifs is 1. The van der Waals surface area contributed by atoms with Crippen LogP contribution in [0.5, 0.6) is 0 Å². The molecule has 9 nitrogen and oxygen atoms in total. The third-order valence-corrected chi connectivity index (χ3v) is 10.1. The van der Waals surface area contributed by atoms with Gasteiger partial charge in [0.2, 0.25) is 5.91 Å². The number of anilines is 1. The maximum atomic E-state index is 13.1. The van der Waals surface area contributed by atoms with Gasteiger partial charge >= 0.3 is 6.09 Å². The van der Waals surface area contributed by atoms with Crippen molar-refractivity contribution in [1.82, 2.24) is 9.62 Å². The molecule has 1 saturated heterocycles. The molecule has 1 aliphatic carbocycles. The Bertz CT molecular complexity index is 1140. The lowest BCUT2D eigenvalue weighted by molar-refractivity contribution is -0.120. The van der Waals surface area contributed by atoms with Crippen LogP contribution in [0.4, 0.5) is 9.80 Å². The highest BCUT2D eigenvalue weighted by molar-refractivity contribution is 7.91. The monoisotopic (exact) mass is 497 g/mol. The lowest BCUT2D eigenvalue weighted by Gasteiger charge is -2.30. The van der Waals surface area contributed by atoms with Crippen LogP contribution in [0.2, 0.25) is 0 Å². The fraction of sp³-hybridized carbons (Fsp3) is 0.450. The van der Waals surface area contributed by atoms with Crippen LogP contribution in [0.15, 0.2) is 21.7 Å². The van der Waals surface area contributed by atoms with Crippen LogP contribution in [0.1, 0.15) is 40.1 Å². The predicted molar refractivity (Wildman–Crippen MR) is 121 cm³/mol. The fourth-order valence-electron chi connectivity index (χ4n) is 4.06. The molecule has 0 saturated carbocycles. The Labute approximate surface area is 193 Å². The van der Waals surface area contributed by atoms with Gasteiger partial charge in [0.15, 0.2) is 0 Å². The average Bonchev–Trinajstić information content (AvgIpc) is 3.51. The van der Waals surface area contributed by atoms with E-state index in [0.717, 1.165) is 34.6 Å². The van der Waals surface area contributed by atoms with Gasteiger partial charge in [-0.2, -0.15) is 4.31 Å². The number of amides is 3. The topological polar surface area (TPSA) is 122 Å². The number of sulfonamides is 1. The van der Waals surface area contributed by atoms with Crippen molar-refractivity contribution in [2.24, 2.45) is 5.92 Å². The summed E-state index contributed by atoms with van der Waals surface area (Å²) in [5.41, 5.74) is 1.14. The van der Waals surface area contributed by atoms with Gasteiger partial charge in [0.1, 0.15) is 9.21 Å². The van der Waals surface area contributed by atoms with E-state index in [0.29, 0.717) is 36.4 Å². The van der Waals surface area contributed by atoms with Gasteiger partial charge in [-0.3, -0.25) is 14.9 Å². The lowest BCUT2D eigenvalue weighted by atomic mass is 9.99. The zero-order valence-electron chi connectivity index (χ0n) is 17.4. The molecule has 2 N–H and O–H groups in total. The van der Waals surface area contributed by atoms with Crippen LogP contribution < -0.4 is 10.6 Å². The van der Waals surface area contributed by atoms with Gasteiger partial charge in [-0.25, -0.2) is 13.2 Å². The van der Waals surface area contributed by atoms with E-state index in [4.69, 9.17) is 0 Å². The van der Waals surface area contributed by atoms with Gasteiger partial charge in [0.05, 0.1) is 18.6 Å². The van der Waals surface area contributed by atoms with Gasteiger partial charge in [-0.05, 0) is 49.1 Å². The standard InChI is InChI=1S/C20H23N3O6S3/c1-29-20(26)22-18(25)16-13-6-2-7-14(13)31-19(16)21-17(24)12-5-3-9-23(11-12)32(27,28)15-8-4-10-30-15/h4,8,10,12H,2-3,5-7,9,11H2,1H3,(H,21,24)(H,22,25,26). The second kappa shape index (κ2) is 9.30. The Morgan fingerprint density at radius 3 is 2.75 bits per heavy atom. The first-order chi connectivity index (χ1) is 15.3. The molecule has 1 atom stereocenters. The largest absolute Gasteiger partial charge is 0.453 e. The number of thiophene rings is 2. The second-order valence-electron chi connectivity index (χ2n) is 7.63. The van der Waals surface area contributed by atoms with Gasteiger partial charge in [0.25, 0.3) is 15.9 Å². The number of carbonyl (C=O) groups excluding carboxylic acids is 3. The summed E-state index contributed by atoms with van der Waals surface area (Å²) in [6, 6.07) is 3.24. The van der Waals surface area contributed by atoms with Crippen LogP contribution in [-0.2, 0) is 32.4 Å². The van der Waals surface area contributed by atoms with Gasteiger partial charge in [-0.1, -0.05) is 6.07 Å². The molecule has 12 heteroatoms. The summed E-state index contributed by atoms with van der Waals surface area (Å²) in [4.78, 5) is 38.3. The Kier molecular flexibility index (Phi) is 6.65. The van der Waals surface area contributed by atoms with Crippen LogP contribution in [0, 0.1) is 5.92 Å². The number of rotatable bonds is 5. The molecule has 1 fully saturated rings. The second-order valence-corrected chi connectivity index (χ2v) is 11.8. The number of piperidine rings is 1. The van der Waals surface area contributed by atoms with Crippen molar-refractivity contribution in [1.29, 1.82) is 0 Å². The average molecular weight is 498 g/mol. The molecular weight excluding hydrogens is 474 g/mol. The minimum Gasteiger partial charge on any atom is -0.453 e. The van der Waals surface area contributed by atoms with Gasteiger partial charge in [-0.15, -0.1) is 22.7 Å². The molecule has 2 aromatic rings.